The van der Waals surface area contributed by atoms with Crippen molar-refractivity contribution in [2.45, 2.75) is 25.8 Å². The zero-order valence-corrected chi connectivity index (χ0v) is 14.1. The Morgan fingerprint density at radius 1 is 1.27 bits per heavy atom. The number of amides is 1. The fourth-order valence-corrected chi connectivity index (χ4v) is 2.65. The molecule has 2 rings (SSSR count). The van der Waals surface area contributed by atoms with E-state index in [4.69, 9.17) is 9.47 Å². The molecule has 22 heavy (non-hydrogen) atoms. The molecule has 1 aromatic rings. The van der Waals surface area contributed by atoms with Crippen LogP contribution in [0.1, 0.15) is 24.8 Å². The van der Waals surface area contributed by atoms with E-state index in [0.29, 0.717) is 12.3 Å². The number of ether oxygens (including phenoxy) is 2. The number of nitrogens with one attached hydrogen (secondary N) is 1. The summed E-state index contributed by atoms with van der Waals surface area (Å²) in [5.74, 6) is 1.83. The highest BCUT2D eigenvalue weighted by molar-refractivity contribution is 5.85. The second-order valence-electron chi connectivity index (χ2n) is 5.17. The first kappa shape index (κ1) is 18.6. The lowest BCUT2D eigenvalue weighted by atomic mass is 10.2. The first-order chi connectivity index (χ1) is 10.3. The highest BCUT2D eigenvalue weighted by atomic mass is 35.5. The molecule has 5 nitrogen and oxygen atoms in total. The molecule has 1 fully saturated rings. The van der Waals surface area contributed by atoms with Crippen molar-refractivity contribution < 1.29 is 14.3 Å². The van der Waals surface area contributed by atoms with E-state index in [0.717, 1.165) is 56.1 Å². The minimum Gasteiger partial charge on any atom is -0.493 e. The smallest absolute Gasteiger partial charge is 0.222 e. The van der Waals surface area contributed by atoms with Crippen molar-refractivity contribution >= 4 is 18.3 Å². The quantitative estimate of drug-likeness (QED) is 0.743. The van der Waals surface area contributed by atoms with Crippen LogP contribution in [-0.4, -0.2) is 44.7 Å². The molecule has 124 valence electrons. The molecular formula is C16H25ClN2O3. The molecule has 0 bridgehead atoms. The molecule has 6 heteroatoms. The standard InChI is InChI=1S/C16H24N2O3.ClH/c1-20-14-7-3-6-13(16(14)21-2)12-17-9-5-11-18-10-4-8-15(18)19;/h3,6-7,17H,4-5,8-12H2,1-2H3;1H. The number of para-hydroxylation sites is 1. The van der Waals surface area contributed by atoms with E-state index in [1.54, 1.807) is 14.2 Å². The van der Waals surface area contributed by atoms with Gasteiger partial charge in [0.2, 0.25) is 5.91 Å². The molecule has 1 N–H and O–H groups in total. The van der Waals surface area contributed by atoms with Crippen LogP contribution in [-0.2, 0) is 11.3 Å². The van der Waals surface area contributed by atoms with Gasteiger partial charge < -0.3 is 19.7 Å². The maximum absolute atomic E-state index is 11.5. The van der Waals surface area contributed by atoms with Gasteiger partial charge in [-0.25, -0.2) is 0 Å². The van der Waals surface area contributed by atoms with Crippen molar-refractivity contribution in [1.82, 2.24) is 10.2 Å². The Kier molecular flexibility index (Phi) is 8.06. The first-order valence-electron chi connectivity index (χ1n) is 7.44. The number of carbonyl (C=O) groups is 1. The second-order valence-corrected chi connectivity index (χ2v) is 5.17. The van der Waals surface area contributed by atoms with Gasteiger partial charge in [0.1, 0.15) is 0 Å². The van der Waals surface area contributed by atoms with E-state index >= 15 is 0 Å². The zero-order valence-electron chi connectivity index (χ0n) is 13.3. The number of hydrogen-bond donors (Lipinski definition) is 1. The Labute approximate surface area is 138 Å². The Balaban J connectivity index is 0.00000242. The maximum atomic E-state index is 11.5. The van der Waals surface area contributed by atoms with Gasteiger partial charge in [-0.2, -0.15) is 0 Å². The number of benzene rings is 1. The summed E-state index contributed by atoms with van der Waals surface area (Å²) in [6, 6.07) is 5.88. The molecule has 1 aromatic carbocycles. The van der Waals surface area contributed by atoms with Crippen LogP contribution >= 0.6 is 12.4 Å². The van der Waals surface area contributed by atoms with Crippen molar-refractivity contribution in [3.8, 4) is 11.5 Å². The third-order valence-corrected chi connectivity index (χ3v) is 3.75. The third kappa shape index (κ3) is 4.78. The van der Waals surface area contributed by atoms with Gasteiger partial charge in [0, 0.05) is 31.6 Å². The molecule has 1 heterocycles. The molecule has 0 aromatic heterocycles. The second kappa shape index (κ2) is 9.54. The topological polar surface area (TPSA) is 50.8 Å². The maximum Gasteiger partial charge on any atom is 0.222 e. The lowest BCUT2D eigenvalue weighted by molar-refractivity contribution is -0.127. The molecule has 0 spiro atoms. The van der Waals surface area contributed by atoms with Crippen molar-refractivity contribution in [2.75, 3.05) is 33.9 Å². The normalized spacial score (nSPS) is 13.9. The average molecular weight is 329 g/mol. The summed E-state index contributed by atoms with van der Waals surface area (Å²) in [6.07, 6.45) is 2.69. The fraction of sp³-hybridized carbons (Fsp3) is 0.562. The molecule has 0 aliphatic carbocycles. The number of methoxy groups -OCH3 is 2. The van der Waals surface area contributed by atoms with Crippen LogP contribution in [0.3, 0.4) is 0 Å². The summed E-state index contributed by atoms with van der Waals surface area (Å²) in [5, 5.41) is 3.39. The van der Waals surface area contributed by atoms with Crippen LogP contribution in [0.25, 0.3) is 0 Å². The molecule has 1 saturated heterocycles. The van der Waals surface area contributed by atoms with E-state index in [9.17, 15) is 4.79 Å². The summed E-state index contributed by atoms with van der Waals surface area (Å²) in [7, 11) is 3.29. The lowest BCUT2D eigenvalue weighted by Gasteiger charge is -2.16. The molecular weight excluding hydrogens is 304 g/mol. The minimum absolute atomic E-state index is 0. The van der Waals surface area contributed by atoms with Gasteiger partial charge in [0.15, 0.2) is 11.5 Å². The molecule has 0 atom stereocenters. The summed E-state index contributed by atoms with van der Waals surface area (Å²) < 4.78 is 10.7. The highest BCUT2D eigenvalue weighted by Gasteiger charge is 2.18. The number of nitrogens with zero attached hydrogens (tertiary/aromatic N) is 1. The number of hydrogen-bond acceptors (Lipinski definition) is 4. The minimum atomic E-state index is 0. The molecule has 0 saturated carbocycles. The van der Waals surface area contributed by atoms with Crippen LogP contribution in [0.5, 0.6) is 11.5 Å². The Hall–Kier alpha value is -1.46. The van der Waals surface area contributed by atoms with E-state index in [1.165, 1.54) is 0 Å². The predicted molar refractivity (Wildman–Crippen MR) is 88.9 cm³/mol. The summed E-state index contributed by atoms with van der Waals surface area (Å²) in [4.78, 5) is 13.4. The fourth-order valence-electron chi connectivity index (χ4n) is 2.65. The first-order valence-corrected chi connectivity index (χ1v) is 7.44. The predicted octanol–water partition coefficient (Wildman–Crippen LogP) is 2.23. The van der Waals surface area contributed by atoms with Gasteiger partial charge in [0.05, 0.1) is 14.2 Å². The zero-order chi connectivity index (χ0) is 15.1. The van der Waals surface area contributed by atoms with E-state index in [-0.39, 0.29) is 12.4 Å². The Morgan fingerprint density at radius 2 is 2.09 bits per heavy atom. The van der Waals surface area contributed by atoms with Crippen molar-refractivity contribution in [2.24, 2.45) is 0 Å². The van der Waals surface area contributed by atoms with Gasteiger partial charge in [-0.3, -0.25) is 4.79 Å². The summed E-state index contributed by atoms with van der Waals surface area (Å²) in [5.41, 5.74) is 1.08. The molecule has 1 amide bonds. The van der Waals surface area contributed by atoms with Crippen LogP contribution in [0.2, 0.25) is 0 Å². The highest BCUT2D eigenvalue weighted by Crippen LogP contribution is 2.30. The average Bonchev–Trinajstić information content (AvgIpc) is 2.91. The van der Waals surface area contributed by atoms with E-state index in [1.807, 2.05) is 23.1 Å². The summed E-state index contributed by atoms with van der Waals surface area (Å²) in [6.45, 7) is 3.38. The van der Waals surface area contributed by atoms with Crippen molar-refractivity contribution in [3.05, 3.63) is 23.8 Å². The number of carbonyl (C=O) groups excluding carboxylic acids is 1. The van der Waals surface area contributed by atoms with Crippen LogP contribution in [0.4, 0.5) is 0 Å². The lowest BCUT2D eigenvalue weighted by Crippen LogP contribution is -2.28. The number of rotatable bonds is 8. The molecule has 1 aliphatic rings. The van der Waals surface area contributed by atoms with E-state index < -0.39 is 0 Å². The molecule has 1 aliphatic heterocycles. The van der Waals surface area contributed by atoms with Crippen LogP contribution in [0, 0.1) is 0 Å². The monoisotopic (exact) mass is 328 g/mol. The molecule has 0 unspecified atom stereocenters. The van der Waals surface area contributed by atoms with Gasteiger partial charge in [-0.15, -0.1) is 12.4 Å². The van der Waals surface area contributed by atoms with Gasteiger partial charge in [-0.05, 0) is 25.5 Å². The van der Waals surface area contributed by atoms with Gasteiger partial charge in [-0.1, -0.05) is 12.1 Å². The van der Waals surface area contributed by atoms with Crippen LogP contribution in [0.15, 0.2) is 18.2 Å². The van der Waals surface area contributed by atoms with Crippen molar-refractivity contribution in [3.63, 3.8) is 0 Å². The molecule has 0 radical (unpaired) electrons. The summed E-state index contributed by atoms with van der Waals surface area (Å²) >= 11 is 0. The largest absolute Gasteiger partial charge is 0.493 e. The number of likely N-dealkylation sites (tertiary alicyclic amines) is 1. The Bertz CT molecular complexity index is 482. The third-order valence-electron chi connectivity index (χ3n) is 3.75. The van der Waals surface area contributed by atoms with Crippen LogP contribution < -0.4 is 14.8 Å². The SMILES string of the molecule is COc1cccc(CNCCCN2CCCC2=O)c1OC.Cl. The van der Waals surface area contributed by atoms with Gasteiger partial charge in [0.25, 0.3) is 0 Å². The van der Waals surface area contributed by atoms with Crippen molar-refractivity contribution in [1.29, 1.82) is 0 Å². The van der Waals surface area contributed by atoms with E-state index in [2.05, 4.69) is 5.32 Å². The Morgan fingerprint density at radius 3 is 2.73 bits per heavy atom. The number of halogens is 1. The van der Waals surface area contributed by atoms with Gasteiger partial charge >= 0.3 is 0 Å².